The van der Waals surface area contributed by atoms with Crippen LogP contribution in [0.4, 0.5) is 4.39 Å². The van der Waals surface area contributed by atoms with Gasteiger partial charge in [0.25, 0.3) is 0 Å². The number of fused-ring (bicyclic) bond motifs is 2. The van der Waals surface area contributed by atoms with Crippen LogP contribution in [0.25, 0.3) is 0 Å². The maximum Gasteiger partial charge on any atom is 0.0964 e. The molecule has 76 valence electrons. The fourth-order valence-electron chi connectivity index (χ4n) is 3.11. The molecule has 3 rings (SSSR count). The monoisotopic (exact) mass is 186 g/mol. The average Bonchev–Trinajstić information content (AvgIpc) is 2.02. The van der Waals surface area contributed by atoms with Crippen molar-refractivity contribution in [1.29, 1.82) is 0 Å². The maximum atomic E-state index is 12.7. The van der Waals surface area contributed by atoms with E-state index < -0.39 is 0 Å². The summed E-state index contributed by atoms with van der Waals surface area (Å²) >= 11 is 0. The van der Waals surface area contributed by atoms with E-state index in [1.165, 1.54) is 0 Å². The molecular weight excluding hydrogens is 167 g/mol. The van der Waals surface area contributed by atoms with Crippen LogP contribution in [0, 0.1) is 5.41 Å². The Morgan fingerprint density at radius 1 is 1.38 bits per heavy atom. The third-order valence-corrected chi connectivity index (χ3v) is 3.27. The molecule has 2 bridgehead atoms. The van der Waals surface area contributed by atoms with Crippen LogP contribution in [0.1, 0.15) is 26.7 Å². The van der Waals surface area contributed by atoms with Gasteiger partial charge in [0.05, 0.1) is 6.67 Å². The van der Waals surface area contributed by atoms with Gasteiger partial charge in [-0.1, -0.05) is 13.8 Å². The smallest absolute Gasteiger partial charge is 0.0964 e. The highest BCUT2D eigenvalue weighted by Crippen LogP contribution is 2.51. The van der Waals surface area contributed by atoms with E-state index in [0.29, 0.717) is 6.04 Å². The van der Waals surface area contributed by atoms with Crippen molar-refractivity contribution in [3.8, 4) is 0 Å². The Morgan fingerprint density at radius 2 is 2.08 bits per heavy atom. The Kier molecular flexibility index (Phi) is 2.11. The molecule has 2 nitrogen and oxygen atoms in total. The third-order valence-electron chi connectivity index (χ3n) is 3.27. The SMILES string of the molecule is CC(C)NC12CNCC(CF)(C1)C2. The molecule has 0 unspecified atom stereocenters. The second kappa shape index (κ2) is 2.92. The van der Waals surface area contributed by atoms with Gasteiger partial charge in [0.15, 0.2) is 0 Å². The maximum absolute atomic E-state index is 12.7. The van der Waals surface area contributed by atoms with Crippen molar-refractivity contribution >= 4 is 0 Å². The molecule has 2 saturated heterocycles. The first-order valence-electron chi connectivity index (χ1n) is 5.14. The summed E-state index contributed by atoms with van der Waals surface area (Å²) in [6, 6.07) is 0.498. The summed E-state index contributed by atoms with van der Waals surface area (Å²) in [5.74, 6) is 0. The van der Waals surface area contributed by atoms with Crippen molar-refractivity contribution < 1.29 is 4.39 Å². The van der Waals surface area contributed by atoms with Gasteiger partial charge in [0.2, 0.25) is 0 Å². The van der Waals surface area contributed by atoms with Gasteiger partial charge in [0, 0.05) is 30.1 Å². The quantitative estimate of drug-likeness (QED) is 0.689. The molecule has 2 heterocycles. The third kappa shape index (κ3) is 1.48. The van der Waals surface area contributed by atoms with E-state index in [9.17, 15) is 4.39 Å². The number of halogens is 1. The summed E-state index contributed by atoms with van der Waals surface area (Å²) in [6.07, 6.45) is 2.03. The van der Waals surface area contributed by atoms with Crippen LogP contribution < -0.4 is 10.6 Å². The van der Waals surface area contributed by atoms with Crippen LogP contribution in [0.2, 0.25) is 0 Å². The van der Waals surface area contributed by atoms with Crippen LogP contribution in [0.15, 0.2) is 0 Å². The number of nitrogens with one attached hydrogen (secondary N) is 2. The van der Waals surface area contributed by atoms with Gasteiger partial charge in [-0.05, 0) is 12.8 Å². The van der Waals surface area contributed by atoms with E-state index in [1.54, 1.807) is 0 Å². The Bertz CT molecular complexity index is 197. The predicted molar refractivity (Wildman–Crippen MR) is 51.5 cm³/mol. The molecule has 1 saturated carbocycles. The minimum absolute atomic E-state index is 0.0276. The highest BCUT2D eigenvalue weighted by molar-refractivity contribution is 5.14. The van der Waals surface area contributed by atoms with Gasteiger partial charge >= 0.3 is 0 Å². The molecule has 3 fully saturated rings. The van der Waals surface area contributed by atoms with Crippen molar-refractivity contribution in [2.45, 2.75) is 38.3 Å². The zero-order valence-electron chi connectivity index (χ0n) is 8.49. The molecule has 2 aliphatic heterocycles. The standard InChI is InChI=1S/C10H19FN2/c1-8(2)13-10-3-9(4-10,5-11)6-12-7-10/h8,12-13H,3-7H2,1-2H3. The van der Waals surface area contributed by atoms with Crippen molar-refractivity contribution in [2.24, 2.45) is 5.41 Å². The molecule has 0 aromatic rings. The Hall–Kier alpha value is -0.150. The molecule has 2 N–H and O–H groups in total. The first-order chi connectivity index (χ1) is 6.10. The van der Waals surface area contributed by atoms with Crippen LogP contribution in [-0.2, 0) is 0 Å². The molecule has 3 heteroatoms. The largest absolute Gasteiger partial charge is 0.314 e. The van der Waals surface area contributed by atoms with Gasteiger partial charge in [-0.15, -0.1) is 0 Å². The molecule has 0 aromatic carbocycles. The lowest BCUT2D eigenvalue weighted by atomic mass is 9.55. The molecule has 3 aliphatic rings. The lowest BCUT2D eigenvalue weighted by Gasteiger charge is -2.60. The van der Waals surface area contributed by atoms with Gasteiger partial charge in [-0.25, -0.2) is 0 Å². The molecule has 0 spiro atoms. The number of piperidine rings is 2. The van der Waals surface area contributed by atoms with Crippen molar-refractivity contribution in [3.05, 3.63) is 0 Å². The molecule has 0 atom stereocenters. The average molecular weight is 186 g/mol. The number of alkyl halides is 1. The van der Waals surface area contributed by atoms with Crippen molar-refractivity contribution in [2.75, 3.05) is 19.8 Å². The molecule has 0 radical (unpaired) electrons. The van der Waals surface area contributed by atoms with E-state index >= 15 is 0 Å². The Morgan fingerprint density at radius 3 is 2.62 bits per heavy atom. The number of hydrogen-bond donors (Lipinski definition) is 2. The molecule has 0 aromatic heterocycles. The summed E-state index contributed by atoms with van der Waals surface area (Å²) in [5, 5.41) is 6.87. The highest BCUT2D eigenvalue weighted by Gasteiger charge is 2.57. The second-order valence-electron chi connectivity index (χ2n) is 5.17. The fourth-order valence-corrected chi connectivity index (χ4v) is 3.11. The highest BCUT2D eigenvalue weighted by atomic mass is 19.1. The zero-order chi connectivity index (χ0) is 9.53. The first-order valence-corrected chi connectivity index (χ1v) is 5.14. The molecule has 13 heavy (non-hydrogen) atoms. The van der Waals surface area contributed by atoms with Gasteiger partial charge in [-0.2, -0.15) is 0 Å². The Labute approximate surface area is 79.3 Å². The Balaban J connectivity index is 1.98. The first kappa shape index (κ1) is 9.41. The second-order valence-corrected chi connectivity index (χ2v) is 5.17. The van der Waals surface area contributed by atoms with Crippen molar-refractivity contribution in [3.63, 3.8) is 0 Å². The van der Waals surface area contributed by atoms with Gasteiger partial charge in [-0.3, -0.25) is 4.39 Å². The topological polar surface area (TPSA) is 24.1 Å². The van der Waals surface area contributed by atoms with Crippen LogP contribution >= 0.6 is 0 Å². The van der Waals surface area contributed by atoms with Crippen LogP contribution in [-0.4, -0.2) is 31.3 Å². The van der Waals surface area contributed by atoms with E-state index in [1.807, 2.05) is 0 Å². The van der Waals surface area contributed by atoms with Gasteiger partial charge in [0.1, 0.15) is 0 Å². The minimum Gasteiger partial charge on any atom is -0.314 e. The molecular formula is C10H19FN2. The lowest BCUT2D eigenvalue weighted by molar-refractivity contribution is -0.0549. The van der Waals surface area contributed by atoms with Crippen molar-refractivity contribution in [1.82, 2.24) is 10.6 Å². The van der Waals surface area contributed by atoms with Crippen LogP contribution in [0.5, 0.6) is 0 Å². The summed E-state index contributed by atoms with van der Waals surface area (Å²) < 4.78 is 12.7. The van der Waals surface area contributed by atoms with E-state index in [2.05, 4.69) is 24.5 Å². The fraction of sp³-hybridized carbons (Fsp3) is 1.00. The van der Waals surface area contributed by atoms with E-state index in [4.69, 9.17) is 0 Å². The number of rotatable bonds is 3. The summed E-state index contributed by atoms with van der Waals surface area (Å²) in [6.45, 7) is 6.01. The minimum atomic E-state index is -0.165. The zero-order valence-corrected chi connectivity index (χ0v) is 8.49. The van der Waals surface area contributed by atoms with E-state index in [0.717, 1.165) is 25.9 Å². The predicted octanol–water partition coefficient (Wildman–Crippen LogP) is 1.08. The summed E-state index contributed by atoms with van der Waals surface area (Å²) in [5.41, 5.74) is 0.179. The molecule has 0 amide bonds. The lowest BCUT2D eigenvalue weighted by Crippen LogP contribution is -2.73. The molecule has 1 aliphatic carbocycles. The van der Waals surface area contributed by atoms with Crippen LogP contribution in [0.3, 0.4) is 0 Å². The van der Waals surface area contributed by atoms with E-state index in [-0.39, 0.29) is 17.6 Å². The number of hydrogen-bond acceptors (Lipinski definition) is 2. The summed E-state index contributed by atoms with van der Waals surface area (Å²) in [4.78, 5) is 0. The normalized spacial score (nSPS) is 43.4. The summed E-state index contributed by atoms with van der Waals surface area (Å²) in [7, 11) is 0. The van der Waals surface area contributed by atoms with Gasteiger partial charge < -0.3 is 10.6 Å².